The Kier molecular flexibility index (Phi) is 2.91. The first kappa shape index (κ1) is 11.3. The second kappa shape index (κ2) is 4.37. The molecule has 0 aliphatic rings. The number of methoxy groups -OCH3 is 2. The van der Waals surface area contributed by atoms with Gasteiger partial charge >= 0.3 is 0 Å². The first-order valence-corrected chi connectivity index (χ1v) is 5.11. The Morgan fingerprint density at radius 1 is 1.18 bits per heavy atom. The molecule has 1 heterocycles. The number of aryl methyl sites for hydroxylation is 1. The average molecular weight is 234 g/mol. The third kappa shape index (κ3) is 2.04. The van der Waals surface area contributed by atoms with Crippen LogP contribution in [0.25, 0.3) is 11.3 Å². The van der Waals surface area contributed by atoms with Gasteiger partial charge in [0, 0.05) is 5.56 Å². The van der Waals surface area contributed by atoms with Crippen molar-refractivity contribution in [1.29, 1.82) is 0 Å². The largest absolute Gasteiger partial charge is 0.493 e. The minimum absolute atomic E-state index is 0.160. The van der Waals surface area contributed by atoms with Gasteiger partial charge in [0.1, 0.15) is 11.5 Å². The van der Waals surface area contributed by atoms with Crippen molar-refractivity contribution in [2.24, 2.45) is 0 Å². The molecule has 0 aliphatic heterocycles. The van der Waals surface area contributed by atoms with E-state index in [4.69, 9.17) is 19.6 Å². The van der Waals surface area contributed by atoms with E-state index in [1.54, 1.807) is 14.2 Å². The number of rotatable bonds is 3. The van der Waals surface area contributed by atoms with Crippen molar-refractivity contribution >= 4 is 6.01 Å². The van der Waals surface area contributed by atoms with Crippen molar-refractivity contribution in [3.8, 4) is 22.8 Å². The minimum Gasteiger partial charge on any atom is -0.493 e. The highest BCUT2D eigenvalue weighted by Crippen LogP contribution is 2.33. The molecule has 1 aromatic heterocycles. The molecule has 2 N–H and O–H groups in total. The van der Waals surface area contributed by atoms with E-state index in [1.807, 2.05) is 25.1 Å². The number of hydrogen-bond acceptors (Lipinski definition) is 5. The maximum Gasteiger partial charge on any atom is 0.292 e. The van der Waals surface area contributed by atoms with E-state index in [-0.39, 0.29) is 6.01 Å². The van der Waals surface area contributed by atoms with Crippen molar-refractivity contribution in [3.63, 3.8) is 0 Å². The molecular weight excluding hydrogens is 220 g/mol. The molecule has 17 heavy (non-hydrogen) atoms. The molecule has 0 saturated carbocycles. The lowest BCUT2D eigenvalue weighted by molar-refractivity contribution is 0.355. The van der Waals surface area contributed by atoms with Gasteiger partial charge in [-0.25, -0.2) is 0 Å². The lowest BCUT2D eigenvalue weighted by atomic mass is 10.1. The van der Waals surface area contributed by atoms with Crippen LogP contribution in [-0.4, -0.2) is 19.2 Å². The third-order valence-corrected chi connectivity index (χ3v) is 2.47. The molecule has 90 valence electrons. The monoisotopic (exact) mass is 234 g/mol. The number of hydrogen-bond donors (Lipinski definition) is 1. The van der Waals surface area contributed by atoms with Gasteiger partial charge < -0.3 is 19.6 Å². The Morgan fingerprint density at radius 3 is 2.41 bits per heavy atom. The first-order valence-electron chi connectivity index (χ1n) is 5.11. The summed E-state index contributed by atoms with van der Waals surface area (Å²) in [4.78, 5) is 4.13. The van der Waals surface area contributed by atoms with Gasteiger partial charge in [0.25, 0.3) is 6.01 Å². The molecule has 0 unspecified atom stereocenters. The third-order valence-electron chi connectivity index (χ3n) is 2.47. The predicted molar refractivity (Wildman–Crippen MR) is 64.2 cm³/mol. The average Bonchev–Trinajstić information content (AvgIpc) is 2.67. The second-order valence-electron chi connectivity index (χ2n) is 3.53. The number of oxazole rings is 1. The highest BCUT2D eigenvalue weighted by Gasteiger charge is 2.12. The Morgan fingerprint density at radius 2 is 1.88 bits per heavy atom. The lowest BCUT2D eigenvalue weighted by Crippen LogP contribution is -1.91. The van der Waals surface area contributed by atoms with E-state index in [0.717, 1.165) is 5.56 Å². The zero-order valence-corrected chi connectivity index (χ0v) is 9.98. The lowest BCUT2D eigenvalue weighted by Gasteiger charge is -2.08. The maximum atomic E-state index is 5.51. The van der Waals surface area contributed by atoms with Gasteiger partial charge in [0.15, 0.2) is 11.5 Å². The van der Waals surface area contributed by atoms with E-state index in [2.05, 4.69) is 4.98 Å². The summed E-state index contributed by atoms with van der Waals surface area (Å²) in [5.41, 5.74) is 7.10. The van der Waals surface area contributed by atoms with Crippen molar-refractivity contribution < 1.29 is 13.9 Å². The minimum atomic E-state index is 0.160. The van der Waals surface area contributed by atoms with Gasteiger partial charge in [0.2, 0.25) is 0 Å². The van der Waals surface area contributed by atoms with Crippen molar-refractivity contribution in [1.82, 2.24) is 4.98 Å². The van der Waals surface area contributed by atoms with Crippen molar-refractivity contribution in [2.75, 3.05) is 20.0 Å². The summed E-state index contributed by atoms with van der Waals surface area (Å²) in [7, 11) is 3.18. The van der Waals surface area contributed by atoms with Gasteiger partial charge in [-0.1, -0.05) is 0 Å². The molecule has 0 radical (unpaired) electrons. The van der Waals surface area contributed by atoms with Crippen molar-refractivity contribution in [2.45, 2.75) is 6.92 Å². The van der Waals surface area contributed by atoms with Crippen LogP contribution in [0.5, 0.6) is 11.5 Å². The Labute approximate surface area is 99.2 Å². The second-order valence-corrected chi connectivity index (χ2v) is 3.53. The summed E-state index contributed by atoms with van der Waals surface area (Å²) in [5, 5.41) is 0. The van der Waals surface area contributed by atoms with Gasteiger partial charge in [-0.15, -0.1) is 0 Å². The van der Waals surface area contributed by atoms with Crippen LogP contribution in [0.4, 0.5) is 6.01 Å². The van der Waals surface area contributed by atoms with Crippen LogP contribution in [0.2, 0.25) is 0 Å². The zero-order valence-electron chi connectivity index (χ0n) is 9.98. The van der Waals surface area contributed by atoms with Crippen LogP contribution in [0, 0.1) is 6.92 Å². The molecular formula is C12H14N2O3. The summed E-state index contributed by atoms with van der Waals surface area (Å²) in [6.45, 7) is 1.81. The molecule has 2 aromatic rings. The number of ether oxygens (including phenoxy) is 2. The van der Waals surface area contributed by atoms with E-state index >= 15 is 0 Å². The predicted octanol–water partition coefficient (Wildman–Crippen LogP) is 2.25. The summed E-state index contributed by atoms with van der Waals surface area (Å²) in [6.07, 6.45) is 0. The van der Waals surface area contributed by atoms with Gasteiger partial charge in [-0.05, 0) is 25.1 Å². The molecule has 0 aliphatic carbocycles. The van der Waals surface area contributed by atoms with Crippen molar-refractivity contribution in [3.05, 3.63) is 24.0 Å². The van der Waals surface area contributed by atoms with E-state index in [1.165, 1.54) is 0 Å². The SMILES string of the molecule is COc1ccc(-c2nc(N)oc2C)cc1OC. The molecule has 0 spiro atoms. The van der Waals surface area contributed by atoms with E-state index in [9.17, 15) is 0 Å². The molecule has 1 aromatic carbocycles. The van der Waals surface area contributed by atoms with Crippen LogP contribution >= 0.6 is 0 Å². The van der Waals surface area contributed by atoms with E-state index in [0.29, 0.717) is 23.0 Å². The summed E-state index contributed by atoms with van der Waals surface area (Å²) in [5.74, 6) is 1.99. The summed E-state index contributed by atoms with van der Waals surface area (Å²) >= 11 is 0. The molecule has 0 fully saturated rings. The van der Waals surface area contributed by atoms with E-state index < -0.39 is 0 Å². The van der Waals surface area contributed by atoms with Crippen LogP contribution in [-0.2, 0) is 0 Å². The fourth-order valence-corrected chi connectivity index (χ4v) is 1.67. The van der Waals surface area contributed by atoms with Crippen LogP contribution in [0.1, 0.15) is 5.76 Å². The van der Waals surface area contributed by atoms with Gasteiger partial charge in [-0.2, -0.15) is 4.98 Å². The standard InChI is InChI=1S/C12H14N2O3/c1-7-11(14-12(13)17-7)8-4-5-9(15-2)10(6-8)16-3/h4-6H,1-3H3,(H2,13,14). The van der Waals surface area contributed by atoms with Crippen LogP contribution < -0.4 is 15.2 Å². The number of aromatic nitrogens is 1. The number of benzene rings is 1. The first-order chi connectivity index (χ1) is 8.15. The highest BCUT2D eigenvalue weighted by atomic mass is 16.5. The molecule has 0 amide bonds. The topological polar surface area (TPSA) is 70.5 Å². The quantitative estimate of drug-likeness (QED) is 0.881. The smallest absolute Gasteiger partial charge is 0.292 e. The fraction of sp³-hybridized carbons (Fsp3) is 0.250. The zero-order chi connectivity index (χ0) is 12.4. The Bertz CT molecular complexity index is 535. The molecule has 5 nitrogen and oxygen atoms in total. The maximum absolute atomic E-state index is 5.51. The van der Waals surface area contributed by atoms with Crippen LogP contribution in [0.3, 0.4) is 0 Å². The fourth-order valence-electron chi connectivity index (χ4n) is 1.67. The Balaban J connectivity index is 2.50. The number of nitrogen functional groups attached to an aromatic ring is 1. The van der Waals surface area contributed by atoms with Gasteiger partial charge in [0.05, 0.1) is 14.2 Å². The number of nitrogens with zero attached hydrogens (tertiary/aromatic N) is 1. The molecule has 0 bridgehead atoms. The molecule has 2 rings (SSSR count). The van der Waals surface area contributed by atoms with Crippen LogP contribution in [0.15, 0.2) is 22.6 Å². The molecule has 5 heteroatoms. The molecule has 0 saturated heterocycles. The summed E-state index contributed by atoms with van der Waals surface area (Å²) < 4.78 is 15.6. The number of nitrogens with two attached hydrogens (primary N) is 1. The van der Waals surface area contributed by atoms with Gasteiger partial charge in [-0.3, -0.25) is 0 Å². The number of anilines is 1. The normalized spacial score (nSPS) is 10.3. The molecule has 0 atom stereocenters. The summed E-state index contributed by atoms with van der Waals surface area (Å²) in [6, 6.07) is 5.69. The highest BCUT2D eigenvalue weighted by molar-refractivity contribution is 5.66. The Hall–Kier alpha value is -2.17.